The summed E-state index contributed by atoms with van der Waals surface area (Å²) >= 11 is 0. The van der Waals surface area contributed by atoms with E-state index >= 15 is 0 Å². The second-order valence-corrected chi connectivity index (χ2v) is 3.49. The van der Waals surface area contributed by atoms with E-state index < -0.39 is 11.8 Å². The Morgan fingerprint density at radius 2 is 2.20 bits per heavy atom. The Morgan fingerprint density at radius 3 is 2.87 bits per heavy atom. The quantitative estimate of drug-likeness (QED) is 0.695. The summed E-state index contributed by atoms with van der Waals surface area (Å²) in [6, 6.07) is 0. The predicted octanol–water partition coefficient (Wildman–Crippen LogP) is 0.405. The van der Waals surface area contributed by atoms with Gasteiger partial charge in [0.15, 0.2) is 5.78 Å². The van der Waals surface area contributed by atoms with Gasteiger partial charge < -0.3 is 10.8 Å². The number of nitrogens with zero attached hydrogens (tertiary/aromatic N) is 1. The third-order valence-electron chi connectivity index (χ3n) is 2.54. The van der Waals surface area contributed by atoms with Gasteiger partial charge in [0.2, 0.25) is 5.88 Å². The van der Waals surface area contributed by atoms with Crippen molar-refractivity contribution in [3.05, 3.63) is 22.9 Å². The second kappa shape index (κ2) is 3.34. The molecule has 0 aliphatic heterocycles. The van der Waals surface area contributed by atoms with Gasteiger partial charge >= 0.3 is 0 Å². The van der Waals surface area contributed by atoms with Gasteiger partial charge in [-0.15, -0.1) is 0 Å². The Kier molecular flexibility index (Phi) is 2.15. The van der Waals surface area contributed by atoms with E-state index in [9.17, 15) is 14.7 Å². The molecule has 0 aromatic carbocycles. The number of aromatic nitrogens is 1. The van der Waals surface area contributed by atoms with Crippen molar-refractivity contribution in [2.24, 2.45) is 5.73 Å². The summed E-state index contributed by atoms with van der Waals surface area (Å²) in [7, 11) is 0. The summed E-state index contributed by atoms with van der Waals surface area (Å²) < 4.78 is 0. The highest BCUT2D eigenvalue weighted by Gasteiger charge is 2.25. The van der Waals surface area contributed by atoms with Crippen LogP contribution in [0.4, 0.5) is 0 Å². The van der Waals surface area contributed by atoms with Crippen LogP contribution in [0.5, 0.6) is 5.88 Å². The highest BCUT2D eigenvalue weighted by Crippen LogP contribution is 2.27. The fraction of sp³-hybridized carbons (Fsp3) is 0.300. The van der Waals surface area contributed by atoms with Crippen LogP contribution in [0.2, 0.25) is 0 Å². The van der Waals surface area contributed by atoms with Gasteiger partial charge in [-0.1, -0.05) is 0 Å². The lowest BCUT2D eigenvalue weighted by Gasteiger charge is -2.16. The smallest absolute Gasteiger partial charge is 0.254 e. The van der Waals surface area contributed by atoms with E-state index in [0.29, 0.717) is 30.4 Å². The molecule has 0 unspecified atom stereocenters. The number of rotatable bonds is 1. The van der Waals surface area contributed by atoms with Crippen molar-refractivity contribution in [1.82, 2.24) is 4.98 Å². The van der Waals surface area contributed by atoms with E-state index in [1.165, 1.54) is 6.20 Å². The van der Waals surface area contributed by atoms with Crippen LogP contribution in [0.1, 0.15) is 39.1 Å². The van der Waals surface area contributed by atoms with Gasteiger partial charge in [-0.05, 0) is 18.4 Å². The molecule has 0 bridgehead atoms. The second-order valence-electron chi connectivity index (χ2n) is 3.49. The molecular formula is C10H10N2O3. The Hall–Kier alpha value is -1.91. The molecule has 1 heterocycles. The maximum Gasteiger partial charge on any atom is 0.254 e. The Morgan fingerprint density at radius 1 is 1.47 bits per heavy atom. The van der Waals surface area contributed by atoms with E-state index in [-0.39, 0.29) is 11.3 Å². The maximum absolute atomic E-state index is 11.5. The fourth-order valence-corrected chi connectivity index (χ4v) is 1.86. The van der Waals surface area contributed by atoms with Gasteiger partial charge in [0.25, 0.3) is 5.91 Å². The summed E-state index contributed by atoms with van der Waals surface area (Å²) in [5.74, 6) is -1.19. The normalized spacial score (nSPS) is 14.8. The molecule has 1 amide bonds. The first-order valence-corrected chi connectivity index (χ1v) is 4.65. The van der Waals surface area contributed by atoms with Gasteiger partial charge in [-0.3, -0.25) is 9.59 Å². The lowest BCUT2D eigenvalue weighted by Crippen LogP contribution is -2.20. The van der Waals surface area contributed by atoms with Crippen molar-refractivity contribution in [2.45, 2.75) is 19.3 Å². The largest absolute Gasteiger partial charge is 0.493 e. The van der Waals surface area contributed by atoms with Gasteiger partial charge in [-0.2, -0.15) is 0 Å². The average molecular weight is 206 g/mol. The topological polar surface area (TPSA) is 93.3 Å². The fourth-order valence-electron chi connectivity index (χ4n) is 1.86. The van der Waals surface area contributed by atoms with E-state index in [1.54, 1.807) is 0 Å². The predicted molar refractivity (Wildman–Crippen MR) is 51.7 cm³/mol. The molecule has 0 saturated carbocycles. The van der Waals surface area contributed by atoms with E-state index in [2.05, 4.69) is 4.98 Å². The van der Waals surface area contributed by atoms with Crippen LogP contribution < -0.4 is 5.73 Å². The first-order valence-electron chi connectivity index (χ1n) is 4.65. The van der Waals surface area contributed by atoms with Crippen molar-refractivity contribution in [1.29, 1.82) is 0 Å². The molecule has 0 atom stereocenters. The Balaban J connectivity index is 2.68. The van der Waals surface area contributed by atoms with E-state index in [0.717, 1.165) is 0 Å². The third-order valence-corrected chi connectivity index (χ3v) is 2.54. The van der Waals surface area contributed by atoms with Crippen LogP contribution in [0, 0.1) is 0 Å². The third kappa shape index (κ3) is 1.45. The minimum absolute atomic E-state index is 0.0134. The molecule has 5 nitrogen and oxygen atoms in total. The zero-order chi connectivity index (χ0) is 11.0. The number of primary amides is 1. The molecule has 1 aliphatic carbocycles. The SMILES string of the molecule is NC(=O)c1c(O)ncc2c1CCCC2=O. The number of Topliss-reactive ketones (excluding diaryl/α,β-unsaturated/α-hetero) is 1. The number of hydrogen-bond donors (Lipinski definition) is 2. The summed E-state index contributed by atoms with van der Waals surface area (Å²) in [4.78, 5) is 26.2. The molecule has 0 spiro atoms. The summed E-state index contributed by atoms with van der Waals surface area (Å²) in [5, 5.41) is 9.40. The van der Waals surface area contributed by atoms with Gasteiger partial charge in [-0.25, -0.2) is 4.98 Å². The zero-order valence-electron chi connectivity index (χ0n) is 7.99. The van der Waals surface area contributed by atoms with Gasteiger partial charge in [0.05, 0.1) is 0 Å². The first-order chi connectivity index (χ1) is 7.11. The minimum Gasteiger partial charge on any atom is -0.493 e. The standard InChI is InChI=1S/C10H10N2O3/c11-9(14)8-5-2-1-3-7(13)6(5)4-12-10(8)15/h4H,1-3H2,(H2,11,14)(H,12,15). The van der Waals surface area contributed by atoms with Gasteiger partial charge in [0.1, 0.15) is 5.56 Å². The lowest BCUT2D eigenvalue weighted by molar-refractivity contribution is 0.0971. The van der Waals surface area contributed by atoms with Crippen LogP contribution >= 0.6 is 0 Å². The molecule has 2 rings (SSSR count). The zero-order valence-corrected chi connectivity index (χ0v) is 7.99. The van der Waals surface area contributed by atoms with Crippen molar-refractivity contribution >= 4 is 11.7 Å². The number of nitrogens with two attached hydrogens (primary N) is 1. The Labute approximate surface area is 85.9 Å². The van der Waals surface area contributed by atoms with Crippen LogP contribution in [0.3, 0.4) is 0 Å². The van der Waals surface area contributed by atoms with Crippen molar-refractivity contribution in [3.8, 4) is 5.88 Å². The number of pyridine rings is 1. The number of fused-ring (bicyclic) bond motifs is 1. The summed E-state index contributed by atoms with van der Waals surface area (Å²) in [6.07, 6.45) is 3.02. The number of amides is 1. The average Bonchev–Trinajstić information content (AvgIpc) is 2.17. The molecule has 0 radical (unpaired) electrons. The lowest BCUT2D eigenvalue weighted by atomic mass is 9.89. The van der Waals surface area contributed by atoms with Crippen LogP contribution in [0.15, 0.2) is 6.20 Å². The van der Waals surface area contributed by atoms with Crippen LogP contribution in [-0.4, -0.2) is 21.8 Å². The van der Waals surface area contributed by atoms with Crippen molar-refractivity contribution in [3.63, 3.8) is 0 Å². The molecular weight excluding hydrogens is 196 g/mol. The van der Waals surface area contributed by atoms with E-state index in [1.807, 2.05) is 0 Å². The van der Waals surface area contributed by atoms with Crippen molar-refractivity contribution in [2.75, 3.05) is 0 Å². The number of carbonyl (C=O) groups is 2. The molecule has 0 saturated heterocycles. The summed E-state index contributed by atoms with van der Waals surface area (Å²) in [5.41, 5.74) is 6.06. The minimum atomic E-state index is -0.744. The molecule has 78 valence electrons. The number of hydrogen-bond acceptors (Lipinski definition) is 4. The molecule has 1 aromatic rings. The number of aromatic hydroxyl groups is 1. The first kappa shape index (κ1) is 9.64. The molecule has 3 N–H and O–H groups in total. The van der Waals surface area contributed by atoms with Crippen LogP contribution in [0.25, 0.3) is 0 Å². The molecule has 15 heavy (non-hydrogen) atoms. The monoisotopic (exact) mass is 206 g/mol. The highest BCUT2D eigenvalue weighted by molar-refractivity contribution is 6.04. The molecule has 1 aliphatic rings. The number of carbonyl (C=O) groups excluding carboxylic acids is 2. The van der Waals surface area contributed by atoms with Gasteiger partial charge in [0, 0.05) is 18.2 Å². The highest BCUT2D eigenvalue weighted by atomic mass is 16.3. The number of ketones is 1. The van der Waals surface area contributed by atoms with E-state index in [4.69, 9.17) is 5.73 Å². The molecule has 1 aromatic heterocycles. The molecule has 0 fully saturated rings. The van der Waals surface area contributed by atoms with Crippen molar-refractivity contribution < 1.29 is 14.7 Å². The maximum atomic E-state index is 11.5. The van der Waals surface area contributed by atoms with Crippen LogP contribution in [-0.2, 0) is 6.42 Å². The molecule has 5 heteroatoms. The summed E-state index contributed by atoms with van der Waals surface area (Å²) in [6.45, 7) is 0. The Bertz CT molecular complexity index is 454.